The van der Waals surface area contributed by atoms with E-state index in [2.05, 4.69) is 6.92 Å². The van der Waals surface area contributed by atoms with Crippen molar-refractivity contribution in [1.29, 1.82) is 0 Å². The summed E-state index contributed by atoms with van der Waals surface area (Å²) in [6, 6.07) is 8.68. The first-order chi connectivity index (χ1) is 9.26. The van der Waals surface area contributed by atoms with Crippen molar-refractivity contribution in [3.05, 3.63) is 40.8 Å². The van der Waals surface area contributed by atoms with Crippen LogP contribution in [0.1, 0.15) is 19.8 Å². The highest BCUT2D eigenvalue weighted by molar-refractivity contribution is 5.77. The van der Waals surface area contributed by atoms with Crippen molar-refractivity contribution in [2.75, 3.05) is 6.61 Å². The second-order valence-electron chi connectivity index (χ2n) is 4.71. The maximum Gasteiger partial charge on any atom is 0.336 e. The van der Waals surface area contributed by atoms with Crippen LogP contribution in [0.4, 0.5) is 0 Å². The van der Waals surface area contributed by atoms with E-state index < -0.39 is 0 Å². The van der Waals surface area contributed by atoms with E-state index in [4.69, 9.17) is 13.9 Å². The topological polar surface area (TPSA) is 52.0 Å². The van der Waals surface area contributed by atoms with Crippen LogP contribution in [-0.2, 0) is 4.74 Å². The highest BCUT2D eigenvalue weighted by Crippen LogP contribution is 2.28. The van der Waals surface area contributed by atoms with Gasteiger partial charge in [0.25, 0.3) is 0 Å². The lowest BCUT2D eigenvalue weighted by atomic mass is 10.2. The van der Waals surface area contributed by atoms with Gasteiger partial charge in [0.15, 0.2) is 0 Å². The molecule has 1 aromatic carbocycles. The van der Waals surface area contributed by atoms with Gasteiger partial charge in [-0.15, -0.1) is 0 Å². The quantitative estimate of drug-likeness (QED) is 0.612. The second-order valence-corrected chi connectivity index (χ2v) is 4.71. The van der Waals surface area contributed by atoms with E-state index in [1.165, 1.54) is 6.07 Å². The van der Waals surface area contributed by atoms with Crippen LogP contribution in [-0.4, -0.2) is 18.8 Å². The number of rotatable bonds is 5. The summed E-state index contributed by atoms with van der Waals surface area (Å²) in [5.74, 6) is 0.718. The molecular weight excluding hydrogens is 244 g/mol. The Bertz CT molecular complexity index is 631. The predicted molar refractivity (Wildman–Crippen MR) is 71.5 cm³/mol. The first-order valence-electron chi connectivity index (χ1n) is 6.58. The lowest BCUT2D eigenvalue weighted by Crippen LogP contribution is -2.03. The number of hydrogen-bond acceptors (Lipinski definition) is 4. The number of hydrogen-bond donors (Lipinski definition) is 0. The van der Waals surface area contributed by atoms with Gasteiger partial charge in [0, 0.05) is 23.9 Å². The zero-order valence-corrected chi connectivity index (χ0v) is 10.8. The molecule has 0 bridgehead atoms. The zero-order valence-electron chi connectivity index (χ0n) is 10.8. The van der Waals surface area contributed by atoms with Crippen LogP contribution in [0.2, 0.25) is 0 Å². The first-order valence-corrected chi connectivity index (χ1v) is 6.58. The molecule has 0 amide bonds. The average Bonchev–Trinajstić information content (AvgIpc) is 3.17. The van der Waals surface area contributed by atoms with E-state index in [-0.39, 0.29) is 5.63 Å². The fourth-order valence-corrected chi connectivity index (χ4v) is 2.22. The van der Waals surface area contributed by atoms with Gasteiger partial charge < -0.3 is 13.9 Å². The largest absolute Gasteiger partial charge is 0.493 e. The van der Waals surface area contributed by atoms with Gasteiger partial charge in [0.1, 0.15) is 11.3 Å². The van der Waals surface area contributed by atoms with Crippen LogP contribution >= 0.6 is 0 Å². The van der Waals surface area contributed by atoms with E-state index in [9.17, 15) is 4.79 Å². The van der Waals surface area contributed by atoms with Crippen LogP contribution in [0.15, 0.2) is 39.5 Å². The highest BCUT2D eigenvalue weighted by Gasteiger charge is 2.36. The normalized spacial score (nSPS) is 21.5. The minimum absolute atomic E-state index is 0.346. The summed E-state index contributed by atoms with van der Waals surface area (Å²) in [5, 5.41) is 0.892. The summed E-state index contributed by atoms with van der Waals surface area (Å²) < 4.78 is 16.2. The molecule has 0 aliphatic carbocycles. The SMILES string of the molecule is CC[C@H]1O[C@@H]1CCOc1ccc2ccc(=O)oc2c1. The molecule has 0 unspecified atom stereocenters. The Morgan fingerprint density at radius 2 is 2.05 bits per heavy atom. The van der Waals surface area contributed by atoms with Gasteiger partial charge in [0.2, 0.25) is 0 Å². The third-order valence-corrected chi connectivity index (χ3v) is 3.36. The lowest BCUT2D eigenvalue weighted by Gasteiger charge is -2.05. The summed E-state index contributed by atoms with van der Waals surface area (Å²) in [6.45, 7) is 2.74. The number of epoxide rings is 1. The minimum Gasteiger partial charge on any atom is -0.493 e. The molecule has 1 aliphatic rings. The van der Waals surface area contributed by atoms with Crippen molar-refractivity contribution < 1.29 is 13.9 Å². The molecular formula is C15H16O4. The molecule has 2 atom stereocenters. The predicted octanol–water partition coefficient (Wildman–Crippen LogP) is 2.74. The van der Waals surface area contributed by atoms with Crippen molar-refractivity contribution in [2.24, 2.45) is 0 Å². The molecule has 2 heterocycles. The summed E-state index contributed by atoms with van der Waals surface area (Å²) in [7, 11) is 0. The molecule has 1 fully saturated rings. The molecule has 0 N–H and O–H groups in total. The number of ether oxygens (including phenoxy) is 2. The second kappa shape index (κ2) is 5.05. The molecule has 4 heteroatoms. The van der Waals surface area contributed by atoms with Crippen molar-refractivity contribution in [2.45, 2.75) is 32.0 Å². The fourth-order valence-electron chi connectivity index (χ4n) is 2.22. The number of fused-ring (bicyclic) bond motifs is 1. The summed E-state index contributed by atoms with van der Waals surface area (Å²) in [4.78, 5) is 11.2. The summed E-state index contributed by atoms with van der Waals surface area (Å²) >= 11 is 0. The van der Waals surface area contributed by atoms with E-state index in [1.807, 2.05) is 12.1 Å². The Balaban J connectivity index is 1.63. The van der Waals surface area contributed by atoms with Crippen LogP contribution in [0.25, 0.3) is 11.0 Å². The molecule has 1 aromatic heterocycles. The fraction of sp³-hybridized carbons (Fsp3) is 0.400. The minimum atomic E-state index is -0.346. The average molecular weight is 260 g/mol. The zero-order chi connectivity index (χ0) is 13.2. The van der Waals surface area contributed by atoms with Gasteiger partial charge in [-0.1, -0.05) is 6.92 Å². The van der Waals surface area contributed by atoms with Crippen molar-refractivity contribution in [3.63, 3.8) is 0 Å². The maximum atomic E-state index is 11.2. The smallest absolute Gasteiger partial charge is 0.336 e. The van der Waals surface area contributed by atoms with Gasteiger partial charge in [-0.2, -0.15) is 0 Å². The molecule has 1 saturated heterocycles. The number of benzene rings is 1. The Labute approximate surface area is 110 Å². The van der Waals surface area contributed by atoms with Crippen molar-refractivity contribution in [1.82, 2.24) is 0 Å². The van der Waals surface area contributed by atoms with Crippen molar-refractivity contribution >= 4 is 11.0 Å². The Hall–Kier alpha value is -1.81. The molecule has 0 saturated carbocycles. The van der Waals surface area contributed by atoms with E-state index in [1.54, 1.807) is 12.1 Å². The Kier molecular flexibility index (Phi) is 3.25. The van der Waals surface area contributed by atoms with Gasteiger partial charge in [-0.3, -0.25) is 0 Å². The summed E-state index contributed by atoms with van der Waals surface area (Å²) in [6.07, 6.45) is 2.72. The summed E-state index contributed by atoms with van der Waals surface area (Å²) in [5.41, 5.74) is 0.209. The standard InChI is InChI=1S/C15H16O4/c1-2-12-13(18-12)7-8-17-11-5-3-10-4-6-15(16)19-14(10)9-11/h3-6,9,12-13H,2,7-8H2,1H3/t12-,13-/m1/s1. The van der Waals surface area contributed by atoms with Gasteiger partial charge in [0.05, 0.1) is 18.8 Å². The van der Waals surface area contributed by atoms with Crippen LogP contribution < -0.4 is 10.4 Å². The molecule has 19 heavy (non-hydrogen) atoms. The Morgan fingerprint density at radius 1 is 1.21 bits per heavy atom. The van der Waals surface area contributed by atoms with Gasteiger partial charge in [-0.25, -0.2) is 4.79 Å². The van der Waals surface area contributed by atoms with Crippen LogP contribution in [0.5, 0.6) is 5.75 Å². The third-order valence-electron chi connectivity index (χ3n) is 3.36. The monoisotopic (exact) mass is 260 g/mol. The molecule has 0 radical (unpaired) electrons. The lowest BCUT2D eigenvalue weighted by molar-refractivity contribution is 0.280. The highest BCUT2D eigenvalue weighted by atomic mass is 16.6. The molecule has 0 spiro atoms. The van der Waals surface area contributed by atoms with Crippen LogP contribution in [0, 0.1) is 0 Å². The molecule has 1 aliphatic heterocycles. The van der Waals surface area contributed by atoms with E-state index in [0.29, 0.717) is 24.4 Å². The third kappa shape index (κ3) is 2.79. The maximum absolute atomic E-state index is 11.2. The molecule has 4 nitrogen and oxygen atoms in total. The van der Waals surface area contributed by atoms with Gasteiger partial charge in [-0.05, 0) is 24.6 Å². The molecule has 3 rings (SSSR count). The Morgan fingerprint density at radius 3 is 2.84 bits per heavy atom. The van der Waals surface area contributed by atoms with E-state index in [0.717, 1.165) is 24.0 Å². The molecule has 100 valence electrons. The van der Waals surface area contributed by atoms with Crippen LogP contribution in [0.3, 0.4) is 0 Å². The van der Waals surface area contributed by atoms with Gasteiger partial charge >= 0.3 is 5.63 Å². The first kappa shape index (κ1) is 12.2. The van der Waals surface area contributed by atoms with E-state index >= 15 is 0 Å². The molecule has 2 aromatic rings. The van der Waals surface area contributed by atoms with Crippen molar-refractivity contribution in [3.8, 4) is 5.75 Å².